The molecule has 4 nitrogen and oxygen atoms in total. The van der Waals surface area contributed by atoms with E-state index in [1.807, 2.05) is 45.0 Å². The number of aryl methyl sites for hydroxylation is 1. The molecule has 0 saturated heterocycles. The van der Waals surface area contributed by atoms with Crippen molar-refractivity contribution in [2.24, 2.45) is 29.1 Å². The highest BCUT2D eigenvalue weighted by Crippen LogP contribution is 2.60. The van der Waals surface area contributed by atoms with Crippen molar-refractivity contribution in [3.05, 3.63) is 29.8 Å². The van der Waals surface area contributed by atoms with Crippen LogP contribution in [-0.4, -0.2) is 17.9 Å². The summed E-state index contributed by atoms with van der Waals surface area (Å²) in [7, 11) is 0. The Bertz CT molecular complexity index is 687. The topological polar surface area (TPSA) is 58.2 Å². The van der Waals surface area contributed by atoms with Gasteiger partial charge in [0.25, 0.3) is 0 Å². The number of rotatable bonds is 5. The maximum Gasteiger partial charge on any atom is 0.247 e. The van der Waals surface area contributed by atoms with Crippen molar-refractivity contribution in [3.8, 4) is 0 Å². The lowest BCUT2D eigenvalue weighted by molar-refractivity contribution is -0.148. The van der Waals surface area contributed by atoms with E-state index in [0.717, 1.165) is 48.3 Å². The minimum Gasteiger partial charge on any atom is -0.344 e. The normalized spacial score (nSPS) is 32.4. The van der Waals surface area contributed by atoms with E-state index in [2.05, 4.69) is 10.6 Å². The van der Waals surface area contributed by atoms with Gasteiger partial charge in [0.05, 0.1) is 0 Å². The van der Waals surface area contributed by atoms with Gasteiger partial charge in [-0.3, -0.25) is 9.59 Å². The summed E-state index contributed by atoms with van der Waals surface area (Å²) >= 11 is 0. The minimum absolute atomic E-state index is 0.0494. The summed E-state index contributed by atoms with van der Waals surface area (Å²) in [6, 6.07) is 7.28. The molecular weight excluding hydrogens is 336 g/mol. The van der Waals surface area contributed by atoms with Gasteiger partial charge in [0, 0.05) is 11.1 Å². The number of nitrogens with one attached hydrogen (secondary N) is 2. The molecule has 4 heteroatoms. The molecule has 4 saturated carbocycles. The second kappa shape index (κ2) is 6.96. The van der Waals surface area contributed by atoms with E-state index in [9.17, 15) is 9.59 Å². The molecule has 1 unspecified atom stereocenters. The highest BCUT2D eigenvalue weighted by molar-refractivity contribution is 5.98. The van der Waals surface area contributed by atoms with E-state index in [1.165, 1.54) is 19.3 Å². The van der Waals surface area contributed by atoms with E-state index < -0.39 is 6.04 Å². The molecule has 1 aromatic rings. The summed E-state index contributed by atoms with van der Waals surface area (Å²) in [5.74, 6) is 2.22. The number of carbonyl (C=O) groups is 2. The van der Waals surface area contributed by atoms with Gasteiger partial charge in [-0.2, -0.15) is 0 Å². The van der Waals surface area contributed by atoms with Crippen LogP contribution in [0.25, 0.3) is 0 Å². The zero-order valence-corrected chi connectivity index (χ0v) is 16.8. The number of anilines is 1. The van der Waals surface area contributed by atoms with Crippen LogP contribution in [0, 0.1) is 36.0 Å². The third-order valence-corrected chi connectivity index (χ3v) is 7.07. The van der Waals surface area contributed by atoms with Crippen molar-refractivity contribution in [2.75, 3.05) is 5.32 Å². The fourth-order valence-corrected chi connectivity index (χ4v) is 6.07. The van der Waals surface area contributed by atoms with Gasteiger partial charge >= 0.3 is 0 Å². The molecule has 0 spiro atoms. The summed E-state index contributed by atoms with van der Waals surface area (Å²) in [6.07, 6.45) is 7.01. The summed E-state index contributed by atoms with van der Waals surface area (Å²) in [4.78, 5) is 26.2. The fraction of sp³-hybridized carbons (Fsp3) is 0.652. The van der Waals surface area contributed by atoms with E-state index in [0.29, 0.717) is 0 Å². The molecule has 0 heterocycles. The van der Waals surface area contributed by atoms with Crippen molar-refractivity contribution in [1.82, 2.24) is 5.32 Å². The molecule has 1 aromatic carbocycles. The SMILES string of the molecule is Cc1ccc(NC(=O)C(NC(=O)C23CC4CC(CC(C4)C2)C3)C(C)C)cc1. The lowest BCUT2D eigenvalue weighted by Gasteiger charge is -2.55. The van der Waals surface area contributed by atoms with Crippen LogP contribution < -0.4 is 10.6 Å². The van der Waals surface area contributed by atoms with Crippen LogP contribution in [-0.2, 0) is 9.59 Å². The van der Waals surface area contributed by atoms with E-state index in [1.54, 1.807) is 0 Å². The molecule has 0 aliphatic heterocycles. The third kappa shape index (κ3) is 3.63. The molecule has 2 amide bonds. The van der Waals surface area contributed by atoms with Crippen LogP contribution in [0.3, 0.4) is 0 Å². The Morgan fingerprint density at radius 3 is 1.96 bits per heavy atom. The van der Waals surface area contributed by atoms with Crippen LogP contribution >= 0.6 is 0 Å². The average Bonchev–Trinajstić information content (AvgIpc) is 2.59. The Kier molecular flexibility index (Phi) is 4.77. The number of amides is 2. The number of benzene rings is 1. The molecule has 4 bridgehead atoms. The maximum absolute atomic E-state index is 13.3. The molecular formula is C23H32N2O2. The minimum atomic E-state index is -0.494. The van der Waals surface area contributed by atoms with E-state index in [-0.39, 0.29) is 23.1 Å². The van der Waals surface area contributed by atoms with Crippen molar-refractivity contribution in [1.29, 1.82) is 0 Å². The molecule has 4 fully saturated rings. The smallest absolute Gasteiger partial charge is 0.247 e. The predicted octanol–water partition coefficient (Wildman–Crippen LogP) is 4.29. The molecule has 2 N–H and O–H groups in total. The van der Waals surface area contributed by atoms with Crippen LogP contribution in [0.15, 0.2) is 24.3 Å². The molecule has 0 aromatic heterocycles. The molecule has 0 radical (unpaired) electrons. The zero-order chi connectivity index (χ0) is 19.2. The van der Waals surface area contributed by atoms with Gasteiger partial charge in [0.2, 0.25) is 11.8 Å². The largest absolute Gasteiger partial charge is 0.344 e. The van der Waals surface area contributed by atoms with E-state index >= 15 is 0 Å². The molecule has 5 rings (SSSR count). The first-order chi connectivity index (χ1) is 12.8. The molecule has 146 valence electrons. The molecule has 1 atom stereocenters. The Balaban J connectivity index is 1.46. The van der Waals surface area contributed by atoms with Crippen LogP contribution in [0.4, 0.5) is 5.69 Å². The lowest BCUT2D eigenvalue weighted by atomic mass is 9.49. The summed E-state index contributed by atoms with van der Waals surface area (Å²) in [6.45, 7) is 6.02. The van der Waals surface area contributed by atoms with Crippen LogP contribution in [0.1, 0.15) is 57.9 Å². The van der Waals surface area contributed by atoms with Gasteiger partial charge in [-0.1, -0.05) is 31.5 Å². The molecule has 4 aliphatic rings. The Hall–Kier alpha value is -1.84. The average molecular weight is 369 g/mol. The zero-order valence-electron chi connectivity index (χ0n) is 16.8. The highest BCUT2D eigenvalue weighted by Gasteiger charge is 2.55. The van der Waals surface area contributed by atoms with Gasteiger partial charge in [0.1, 0.15) is 6.04 Å². The lowest BCUT2D eigenvalue weighted by Crippen LogP contribution is -2.57. The predicted molar refractivity (Wildman–Crippen MR) is 107 cm³/mol. The standard InChI is InChI=1S/C23H32N2O2/c1-14(2)20(21(26)24-19-6-4-15(3)5-7-19)25-22(27)23-11-16-8-17(12-23)10-18(9-16)13-23/h4-7,14,16-18,20H,8-13H2,1-3H3,(H,24,26)(H,25,27). The number of carbonyl (C=O) groups excluding carboxylic acids is 2. The van der Waals surface area contributed by atoms with Gasteiger partial charge in [-0.15, -0.1) is 0 Å². The molecule has 4 aliphatic carbocycles. The summed E-state index contributed by atoms with van der Waals surface area (Å²) in [5, 5.41) is 6.13. The van der Waals surface area contributed by atoms with Crippen molar-refractivity contribution in [3.63, 3.8) is 0 Å². The van der Waals surface area contributed by atoms with Crippen molar-refractivity contribution < 1.29 is 9.59 Å². The monoisotopic (exact) mass is 368 g/mol. The first-order valence-corrected chi connectivity index (χ1v) is 10.5. The van der Waals surface area contributed by atoms with Crippen LogP contribution in [0.5, 0.6) is 0 Å². The molecule has 27 heavy (non-hydrogen) atoms. The highest BCUT2D eigenvalue weighted by atomic mass is 16.2. The van der Waals surface area contributed by atoms with Gasteiger partial charge in [0.15, 0.2) is 0 Å². The Morgan fingerprint density at radius 1 is 0.963 bits per heavy atom. The Labute approximate surface area is 162 Å². The number of hydrogen-bond donors (Lipinski definition) is 2. The maximum atomic E-state index is 13.3. The quantitative estimate of drug-likeness (QED) is 0.814. The Morgan fingerprint density at radius 2 is 1.48 bits per heavy atom. The summed E-state index contributed by atoms with van der Waals surface area (Å²) < 4.78 is 0. The first kappa shape index (κ1) is 18.5. The van der Waals surface area contributed by atoms with Gasteiger partial charge in [-0.05, 0) is 81.3 Å². The number of hydrogen-bond acceptors (Lipinski definition) is 2. The first-order valence-electron chi connectivity index (χ1n) is 10.5. The van der Waals surface area contributed by atoms with E-state index in [4.69, 9.17) is 0 Å². The summed E-state index contributed by atoms with van der Waals surface area (Å²) in [5.41, 5.74) is 1.72. The van der Waals surface area contributed by atoms with Gasteiger partial charge in [-0.25, -0.2) is 0 Å². The third-order valence-electron chi connectivity index (χ3n) is 7.07. The van der Waals surface area contributed by atoms with Crippen molar-refractivity contribution in [2.45, 2.75) is 65.3 Å². The van der Waals surface area contributed by atoms with Crippen molar-refractivity contribution >= 4 is 17.5 Å². The van der Waals surface area contributed by atoms with Crippen LogP contribution in [0.2, 0.25) is 0 Å². The van der Waals surface area contributed by atoms with Gasteiger partial charge < -0.3 is 10.6 Å². The second-order valence-corrected chi connectivity index (χ2v) is 9.75. The second-order valence-electron chi connectivity index (χ2n) is 9.75. The fourth-order valence-electron chi connectivity index (χ4n) is 6.07.